The standard InChI is InChI=1S/C43H49F2N11O6/c1-52(23-43(13-3-14-43)22-46-30-5-2-4-28-35(30)42(61)56(41(28)60)32-10-11-34(57)50-40(32)59)18-24-6-8-25(9-7-24)55-20-31(36(51-55)37(44)45)48-39(58)29-17-47-54-15-12-33(49-38(29)54)53-19-27-16-26(53)21-62-27/h2,4-5,12,15,17,20,24-27,32,37,46H,3,6-11,13-14,16,18-19,21-23H2,1H3,(H,48,58)(H,50,57,59)/t24?,25?,26-,27-,32?/m1/s1. The molecule has 2 bridgehead atoms. The predicted molar refractivity (Wildman–Crippen MR) is 220 cm³/mol. The molecule has 0 radical (unpaired) electrons. The molecule has 3 atom stereocenters. The summed E-state index contributed by atoms with van der Waals surface area (Å²) in [5, 5.41) is 17.0. The molecule has 62 heavy (non-hydrogen) atoms. The van der Waals surface area contributed by atoms with Crippen LogP contribution in [0.15, 0.2) is 42.9 Å². The first-order valence-corrected chi connectivity index (χ1v) is 21.6. The van der Waals surface area contributed by atoms with E-state index in [1.54, 1.807) is 29.1 Å². The highest BCUT2D eigenvalue weighted by Gasteiger charge is 2.46. The third-order valence-corrected chi connectivity index (χ3v) is 13.9. The molecule has 1 unspecified atom stereocenters. The first-order valence-electron chi connectivity index (χ1n) is 21.6. The van der Waals surface area contributed by atoms with Crippen LogP contribution in [-0.4, -0.2) is 122 Å². The van der Waals surface area contributed by atoms with E-state index in [9.17, 15) is 32.8 Å². The van der Waals surface area contributed by atoms with Crippen LogP contribution >= 0.6 is 0 Å². The van der Waals surface area contributed by atoms with Crippen LogP contribution in [0.2, 0.25) is 0 Å². The van der Waals surface area contributed by atoms with Gasteiger partial charge >= 0.3 is 0 Å². The van der Waals surface area contributed by atoms with Gasteiger partial charge in [0.1, 0.15) is 17.4 Å². The number of amides is 5. The molecule has 2 saturated carbocycles. The van der Waals surface area contributed by atoms with Crippen LogP contribution in [0.1, 0.15) is 113 Å². The van der Waals surface area contributed by atoms with Gasteiger partial charge in [0.15, 0.2) is 11.3 Å². The van der Waals surface area contributed by atoms with Crippen molar-refractivity contribution >= 4 is 52.4 Å². The minimum atomic E-state index is -2.88. The number of hydrogen-bond donors (Lipinski definition) is 3. The minimum absolute atomic E-state index is 0.0289. The van der Waals surface area contributed by atoms with Crippen LogP contribution in [0.3, 0.4) is 0 Å². The number of aromatic nitrogens is 5. The van der Waals surface area contributed by atoms with Gasteiger partial charge < -0.3 is 25.2 Å². The van der Waals surface area contributed by atoms with Crippen molar-refractivity contribution < 1.29 is 37.5 Å². The van der Waals surface area contributed by atoms with Crippen LogP contribution in [0, 0.1) is 11.3 Å². The molecule has 4 aromatic rings. The van der Waals surface area contributed by atoms with E-state index in [0.717, 1.165) is 81.7 Å². The lowest BCUT2D eigenvalue weighted by atomic mass is 9.68. The molecular formula is C43H49F2N11O6. The summed E-state index contributed by atoms with van der Waals surface area (Å²) < 4.78 is 37.5. The highest BCUT2D eigenvalue weighted by molar-refractivity contribution is 6.25. The van der Waals surface area contributed by atoms with Crippen LogP contribution in [-0.2, 0) is 14.3 Å². The van der Waals surface area contributed by atoms with Gasteiger partial charge in [-0.3, -0.25) is 38.9 Å². The van der Waals surface area contributed by atoms with E-state index in [0.29, 0.717) is 30.4 Å². The van der Waals surface area contributed by atoms with Gasteiger partial charge in [-0.1, -0.05) is 12.5 Å². The lowest BCUT2D eigenvalue weighted by molar-refractivity contribution is -0.136. The minimum Gasteiger partial charge on any atom is -0.384 e. The van der Waals surface area contributed by atoms with E-state index in [1.165, 1.54) is 16.9 Å². The molecule has 326 valence electrons. The Bertz CT molecular complexity index is 2460. The van der Waals surface area contributed by atoms with Crippen molar-refractivity contribution in [2.24, 2.45) is 11.3 Å². The monoisotopic (exact) mass is 853 g/mol. The maximum Gasteiger partial charge on any atom is 0.284 e. The van der Waals surface area contributed by atoms with Crippen molar-refractivity contribution in [3.63, 3.8) is 0 Å². The second kappa shape index (κ2) is 15.8. The van der Waals surface area contributed by atoms with Crippen LogP contribution in [0.4, 0.5) is 26.0 Å². The van der Waals surface area contributed by atoms with Gasteiger partial charge in [-0.05, 0) is 82.5 Å². The van der Waals surface area contributed by atoms with Crippen molar-refractivity contribution in [3.8, 4) is 0 Å². The van der Waals surface area contributed by atoms with Gasteiger partial charge in [0, 0.05) is 56.1 Å². The third kappa shape index (κ3) is 7.27. The van der Waals surface area contributed by atoms with Gasteiger partial charge in [-0.15, -0.1) is 0 Å². The molecule has 0 spiro atoms. The van der Waals surface area contributed by atoms with Crippen LogP contribution in [0.5, 0.6) is 0 Å². The number of nitrogens with zero attached hydrogens (tertiary/aromatic N) is 8. The second-order valence-electron chi connectivity index (χ2n) is 18.0. The van der Waals surface area contributed by atoms with E-state index in [1.807, 2.05) is 6.07 Å². The Kier molecular flexibility index (Phi) is 10.3. The first-order chi connectivity index (χ1) is 29.9. The Hall–Kier alpha value is -5.82. The number of imide groups is 2. The Balaban J connectivity index is 0.742. The molecule has 10 rings (SSSR count). The summed E-state index contributed by atoms with van der Waals surface area (Å²) in [5.74, 6) is -1.58. The van der Waals surface area contributed by atoms with Crippen LogP contribution in [0.25, 0.3) is 5.65 Å². The Morgan fingerprint density at radius 3 is 2.58 bits per heavy atom. The van der Waals surface area contributed by atoms with E-state index < -0.39 is 47.7 Å². The number of nitrogens with one attached hydrogen (secondary N) is 3. The Morgan fingerprint density at radius 1 is 1.05 bits per heavy atom. The molecule has 17 nitrogen and oxygen atoms in total. The van der Waals surface area contributed by atoms with E-state index >= 15 is 0 Å². The Labute approximate surface area is 355 Å². The number of hydrogen-bond acceptors (Lipinski definition) is 12. The molecule has 19 heteroatoms. The zero-order valence-corrected chi connectivity index (χ0v) is 34.4. The van der Waals surface area contributed by atoms with Gasteiger partial charge in [0.25, 0.3) is 24.1 Å². The fraction of sp³-hybridized carbons (Fsp3) is 0.535. The summed E-state index contributed by atoms with van der Waals surface area (Å²) in [6.45, 7) is 3.67. The lowest BCUT2D eigenvalue weighted by Crippen LogP contribution is -2.54. The number of anilines is 3. The zero-order valence-electron chi connectivity index (χ0n) is 34.4. The molecule has 3 N–H and O–H groups in total. The summed E-state index contributed by atoms with van der Waals surface area (Å²) in [4.78, 5) is 75.1. The summed E-state index contributed by atoms with van der Waals surface area (Å²) in [5.41, 5.74) is 1.05. The molecule has 2 aliphatic carbocycles. The number of morpholine rings is 1. The number of carbonyl (C=O) groups excluding carboxylic acids is 5. The number of fused-ring (bicyclic) bond motifs is 4. The number of halogens is 2. The number of alkyl halides is 2. The fourth-order valence-electron chi connectivity index (χ4n) is 10.6. The van der Waals surface area contributed by atoms with Gasteiger partial charge in [-0.2, -0.15) is 10.2 Å². The van der Waals surface area contributed by atoms with Gasteiger partial charge in [0.2, 0.25) is 11.8 Å². The molecule has 7 heterocycles. The normalized spacial score (nSPS) is 25.5. The molecule has 1 aromatic carbocycles. The van der Waals surface area contributed by atoms with E-state index in [-0.39, 0.29) is 58.8 Å². The van der Waals surface area contributed by atoms with Gasteiger partial charge in [0.05, 0.1) is 47.8 Å². The second-order valence-corrected chi connectivity index (χ2v) is 18.0. The van der Waals surface area contributed by atoms with Crippen molar-refractivity contribution in [3.05, 3.63) is 65.2 Å². The predicted octanol–water partition coefficient (Wildman–Crippen LogP) is 4.44. The topological polar surface area (TPSA) is 188 Å². The average Bonchev–Trinajstić information content (AvgIpc) is 4.09. The number of carbonyl (C=O) groups is 5. The average molecular weight is 854 g/mol. The highest BCUT2D eigenvalue weighted by Crippen LogP contribution is 2.43. The molecule has 3 saturated heterocycles. The molecule has 5 fully saturated rings. The number of rotatable bonds is 13. The zero-order chi connectivity index (χ0) is 42.9. The third-order valence-electron chi connectivity index (χ3n) is 13.9. The van der Waals surface area contributed by atoms with E-state index in [4.69, 9.17) is 9.72 Å². The molecule has 6 aliphatic rings. The van der Waals surface area contributed by atoms with Crippen molar-refractivity contribution in [1.82, 2.24) is 39.5 Å². The smallest absolute Gasteiger partial charge is 0.284 e. The summed E-state index contributed by atoms with van der Waals surface area (Å²) >= 11 is 0. The van der Waals surface area contributed by atoms with Crippen molar-refractivity contribution in [2.75, 3.05) is 55.4 Å². The van der Waals surface area contributed by atoms with Crippen molar-refractivity contribution in [2.45, 2.75) is 94.9 Å². The number of ether oxygens (including phenoxy) is 1. The van der Waals surface area contributed by atoms with Crippen molar-refractivity contribution in [1.29, 1.82) is 0 Å². The maximum absolute atomic E-state index is 14.3. The number of benzene rings is 1. The molecular weight excluding hydrogens is 805 g/mol. The number of piperidine rings is 1. The quantitative estimate of drug-likeness (QED) is 0.161. The first kappa shape index (κ1) is 40.3. The molecule has 5 amide bonds. The highest BCUT2D eigenvalue weighted by atomic mass is 19.3. The van der Waals surface area contributed by atoms with E-state index in [2.05, 4.69) is 43.0 Å². The lowest BCUT2D eigenvalue weighted by Gasteiger charge is -2.45. The summed E-state index contributed by atoms with van der Waals surface area (Å²) in [7, 11) is 2.12. The molecule has 4 aliphatic heterocycles. The van der Waals surface area contributed by atoms with Gasteiger partial charge in [-0.25, -0.2) is 18.3 Å². The fourth-order valence-corrected chi connectivity index (χ4v) is 10.6. The summed E-state index contributed by atoms with van der Waals surface area (Å²) in [6.07, 6.45) is 9.45. The largest absolute Gasteiger partial charge is 0.384 e. The Morgan fingerprint density at radius 2 is 1.87 bits per heavy atom. The SMILES string of the molecule is CN(CC1CCC(n2cc(NC(=O)c3cnn4ccc(N5C[C@H]6C[C@@H]5CO6)nc34)c(C(F)F)n2)CC1)CC1(CNc2cccc3c2C(=O)N(C2CCC(=O)NC2=O)C3=O)CCC1. The summed E-state index contributed by atoms with van der Waals surface area (Å²) in [6, 6.07) is 6.09. The maximum atomic E-state index is 14.3. The van der Waals surface area contributed by atoms with Crippen LogP contribution < -0.4 is 20.9 Å². The molecule has 3 aromatic heterocycles.